The number of carboxylic acids is 1. The standard InChI is InChI=1S/C30H23F3N4O3S2/c31-21-12-20(13-22(32)14-21)18-2-1-3-19(11-18)28-23(8-17-6-7-27(42(34)40)24(33)9-17)26(10-16-4-5-16)37(36-28)30-35-25(15-41-30)29(38)39/h1-3,6-7,9,11-16H,4-5,8,10H2,(H2,34,40)(H,38,39)/p+1. The monoisotopic (exact) mass is 609 g/mol. The van der Waals surface area contributed by atoms with Crippen LogP contribution in [0.25, 0.3) is 27.5 Å². The average molecular weight is 610 g/mol. The Morgan fingerprint density at radius 2 is 1.76 bits per heavy atom. The Morgan fingerprint density at radius 1 is 1.02 bits per heavy atom. The molecule has 0 bridgehead atoms. The van der Waals surface area contributed by atoms with Crippen LogP contribution < -0.4 is 5.14 Å². The van der Waals surface area contributed by atoms with Crippen molar-refractivity contribution in [2.45, 2.75) is 30.6 Å². The topological polar surface area (TPSA) is 111 Å². The first kappa shape index (κ1) is 28.0. The Labute approximate surface area is 245 Å². The predicted octanol–water partition coefficient (Wildman–Crippen LogP) is 6.25. The number of carboxylic acid groups (broad SMARTS) is 1. The Balaban J connectivity index is 1.53. The van der Waals surface area contributed by atoms with E-state index in [1.165, 1.54) is 29.6 Å². The summed E-state index contributed by atoms with van der Waals surface area (Å²) in [6.07, 6.45) is 2.97. The highest BCUT2D eigenvalue weighted by Crippen LogP contribution is 2.39. The highest BCUT2D eigenvalue weighted by atomic mass is 32.2. The fourth-order valence-corrected chi connectivity index (χ4v) is 6.20. The lowest BCUT2D eigenvalue weighted by Gasteiger charge is -2.10. The molecule has 1 saturated carbocycles. The maximum absolute atomic E-state index is 14.8. The molecular weight excluding hydrogens is 585 g/mol. The molecule has 12 heteroatoms. The quantitative estimate of drug-likeness (QED) is 0.152. The molecule has 1 atom stereocenters. The summed E-state index contributed by atoms with van der Waals surface area (Å²) in [6, 6.07) is 14.8. The number of thiazole rings is 1. The lowest BCUT2D eigenvalue weighted by atomic mass is 9.95. The van der Waals surface area contributed by atoms with Gasteiger partial charge in [-0.25, -0.2) is 27.6 Å². The van der Waals surface area contributed by atoms with E-state index in [1.807, 2.05) is 6.07 Å². The first-order valence-corrected chi connectivity index (χ1v) is 15.2. The van der Waals surface area contributed by atoms with Gasteiger partial charge in [-0.15, -0.1) is 16.5 Å². The molecule has 42 heavy (non-hydrogen) atoms. The molecule has 0 saturated heterocycles. The summed E-state index contributed by atoms with van der Waals surface area (Å²) in [5.74, 6) is -2.81. The van der Waals surface area contributed by atoms with E-state index in [9.17, 15) is 27.3 Å². The Kier molecular flexibility index (Phi) is 7.52. The van der Waals surface area contributed by atoms with Gasteiger partial charge in [0.15, 0.2) is 22.5 Å². The summed E-state index contributed by atoms with van der Waals surface area (Å²) in [5.41, 5.74) is 4.21. The minimum atomic E-state index is -2.35. The average Bonchev–Trinajstić information content (AvgIpc) is 3.50. The van der Waals surface area contributed by atoms with Crippen molar-refractivity contribution in [1.82, 2.24) is 14.8 Å². The number of carbonyl (C=O) groups is 1. The third-order valence-electron chi connectivity index (χ3n) is 7.12. The Morgan fingerprint density at radius 3 is 2.40 bits per heavy atom. The van der Waals surface area contributed by atoms with Crippen LogP contribution in [0.3, 0.4) is 0 Å². The van der Waals surface area contributed by atoms with Crippen molar-refractivity contribution in [3.8, 4) is 27.5 Å². The third-order valence-corrected chi connectivity index (χ3v) is 8.78. The number of thiol groups is 1. The molecule has 0 radical (unpaired) electrons. The van der Waals surface area contributed by atoms with E-state index in [0.717, 1.165) is 41.5 Å². The number of aromatic carboxylic acids is 1. The van der Waals surface area contributed by atoms with Gasteiger partial charge in [-0.2, -0.15) is 5.10 Å². The molecule has 0 spiro atoms. The van der Waals surface area contributed by atoms with Gasteiger partial charge in [-0.05, 0) is 72.2 Å². The fourth-order valence-electron chi connectivity index (χ4n) is 4.94. The van der Waals surface area contributed by atoms with Crippen LogP contribution in [0.4, 0.5) is 13.2 Å². The van der Waals surface area contributed by atoms with Crippen LogP contribution in [-0.4, -0.2) is 25.8 Å². The third kappa shape index (κ3) is 5.78. The summed E-state index contributed by atoms with van der Waals surface area (Å²) in [7, 11) is -2.35. The Hall–Kier alpha value is -4.13. The predicted molar refractivity (Wildman–Crippen MR) is 155 cm³/mol. The van der Waals surface area contributed by atoms with Crippen LogP contribution in [0.1, 0.15) is 40.2 Å². The fraction of sp³-hybridized carbons (Fsp3) is 0.167. The van der Waals surface area contributed by atoms with Gasteiger partial charge in [0.2, 0.25) is 10.0 Å². The van der Waals surface area contributed by atoms with Crippen molar-refractivity contribution >= 4 is 28.3 Å². The second kappa shape index (κ2) is 11.3. The maximum Gasteiger partial charge on any atom is 0.355 e. The summed E-state index contributed by atoms with van der Waals surface area (Å²) in [4.78, 5) is 15.8. The zero-order valence-corrected chi connectivity index (χ0v) is 23.6. The largest absolute Gasteiger partial charge is 0.476 e. The zero-order valence-electron chi connectivity index (χ0n) is 21.9. The van der Waals surface area contributed by atoms with E-state index in [2.05, 4.69) is 4.98 Å². The molecule has 1 aliphatic carbocycles. The molecule has 214 valence electrons. The van der Waals surface area contributed by atoms with Crippen molar-refractivity contribution in [1.29, 1.82) is 0 Å². The van der Waals surface area contributed by atoms with Crippen LogP contribution in [0.2, 0.25) is 0 Å². The molecular formula is C30H24F3N4O3S2+. The van der Waals surface area contributed by atoms with Crippen LogP contribution >= 0.6 is 11.3 Å². The Bertz CT molecular complexity index is 1850. The molecule has 5 aromatic rings. The molecule has 0 amide bonds. The van der Waals surface area contributed by atoms with E-state index in [4.69, 9.17) is 10.2 Å². The van der Waals surface area contributed by atoms with Crippen LogP contribution in [-0.2, 0) is 28.0 Å². The van der Waals surface area contributed by atoms with Crippen LogP contribution in [0.5, 0.6) is 0 Å². The lowest BCUT2D eigenvalue weighted by molar-refractivity contribution is 0.0691. The summed E-state index contributed by atoms with van der Waals surface area (Å²) >= 11 is 1.15. The van der Waals surface area contributed by atoms with E-state index >= 15 is 0 Å². The van der Waals surface area contributed by atoms with Gasteiger partial charge < -0.3 is 5.11 Å². The molecule has 0 aliphatic heterocycles. The molecule has 7 nitrogen and oxygen atoms in total. The van der Waals surface area contributed by atoms with E-state index in [1.54, 1.807) is 28.9 Å². The number of nitrogens with two attached hydrogens (primary N) is 1. The number of hydrogen-bond acceptors (Lipinski definition) is 5. The van der Waals surface area contributed by atoms with Gasteiger partial charge in [0.1, 0.15) is 11.6 Å². The van der Waals surface area contributed by atoms with Crippen molar-refractivity contribution < 1.29 is 27.3 Å². The van der Waals surface area contributed by atoms with Crippen molar-refractivity contribution in [2.24, 2.45) is 11.1 Å². The van der Waals surface area contributed by atoms with Gasteiger partial charge in [0.25, 0.3) is 0 Å². The number of aromatic nitrogens is 3. The summed E-state index contributed by atoms with van der Waals surface area (Å²) < 4.78 is 56.2. The van der Waals surface area contributed by atoms with E-state index in [-0.39, 0.29) is 17.0 Å². The van der Waals surface area contributed by atoms with Crippen LogP contribution in [0, 0.1) is 23.4 Å². The maximum atomic E-state index is 14.8. The summed E-state index contributed by atoms with van der Waals surface area (Å²) in [5, 5.41) is 21.6. The number of benzene rings is 3. The first-order chi connectivity index (χ1) is 20.2. The van der Waals surface area contributed by atoms with Crippen molar-refractivity contribution in [3.63, 3.8) is 0 Å². The smallest absolute Gasteiger partial charge is 0.355 e. The van der Waals surface area contributed by atoms with Crippen molar-refractivity contribution in [2.75, 3.05) is 0 Å². The van der Waals surface area contributed by atoms with Gasteiger partial charge in [-0.1, -0.05) is 28.5 Å². The molecule has 2 aromatic heterocycles. The lowest BCUT2D eigenvalue weighted by Crippen LogP contribution is -2.07. The van der Waals surface area contributed by atoms with Gasteiger partial charge in [0, 0.05) is 29.0 Å². The van der Waals surface area contributed by atoms with Crippen LogP contribution in [0.15, 0.2) is 70.9 Å². The first-order valence-electron chi connectivity index (χ1n) is 13.0. The molecule has 3 N–H and O–H groups in total. The van der Waals surface area contributed by atoms with Gasteiger partial charge in [-0.3, -0.25) is 0 Å². The minimum absolute atomic E-state index is 0.0677. The number of halogens is 3. The van der Waals surface area contributed by atoms with E-state index < -0.39 is 34.4 Å². The second-order valence-corrected chi connectivity index (χ2v) is 12.2. The normalized spacial score (nSPS) is 13.8. The molecule has 1 unspecified atom stereocenters. The summed E-state index contributed by atoms with van der Waals surface area (Å²) in [6.45, 7) is 0. The zero-order chi connectivity index (χ0) is 29.5. The molecule has 1 fully saturated rings. The molecule has 2 heterocycles. The molecule has 6 rings (SSSR count). The highest BCUT2D eigenvalue weighted by Gasteiger charge is 2.29. The second-order valence-electron chi connectivity index (χ2n) is 10.2. The SMILES string of the molecule is N[SH+](=O)c1ccc(Cc2c(-c3cccc(-c4cc(F)cc(F)c4)c3)nn(-c3nc(C(=O)O)cs3)c2CC2CC2)cc1F. The van der Waals surface area contributed by atoms with Crippen molar-refractivity contribution in [3.05, 3.63) is 106 Å². The number of rotatable bonds is 9. The van der Waals surface area contributed by atoms with E-state index in [0.29, 0.717) is 45.4 Å². The highest BCUT2D eigenvalue weighted by molar-refractivity contribution is 7.82. The molecule has 1 aliphatic rings. The van der Waals surface area contributed by atoms with Gasteiger partial charge >= 0.3 is 5.97 Å². The minimum Gasteiger partial charge on any atom is -0.476 e. The molecule has 3 aromatic carbocycles. The van der Waals surface area contributed by atoms with Gasteiger partial charge in [0.05, 0.1) is 11.4 Å². The number of nitrogens with zero attached hydrogens (tertiary/aromatic N) is 3. The number of hydrogen-bond donors (Lipinski definition) is 2.